The molecule has 0 radical (unpaired) electrons. The molecule has 90 valence electrons. The first-order valence-electron chi connectivity index (χ1n) is 5.06. The topological polar surface area (TPSA) is 38.0 Å². The Morgan fingerprint density at radius 1 is 1.18 bits per heavy atom. The van der Waals surface area contributed by atoms with Crippen LogP contribution in [0.15, 0.2) is 17.5 Å². The molecular formula is C12H12F2N2S. The van der Waals surface area contributed by atoms with Gasteiger partial charge in [-0.25, -0.2) is 8.78 Å². The average Bonchev–Trinajstić information content (AvgIpc) is 2.68. The first-order chi connectivity index (χ1) is 8.06. The smallest absolute Gasteiger partial charge is 0.167 e. The summed E-state index contributed by atoms with van der Waals surface area (Å²) in [5, 5.41) is 5.38. The maximum Gasteiger partial charge on any atom is 0.167 e. The number of hydrogen-bond acceptors (Lipinski definition) is 3. The highest BCUT2D eigenvalue weighted by Crippen LogP contribution is 2.39. The van der Waals surface area contributed by atoms with E-state index in [4.69, 9.17) is 5.73 Å². The van der Waals surface area contributed by atoms with Crippen molar-refractivity contribution in [2.24, 2.45) is 0 Å². The first-order valence-corrected chi connectivity index (χ1v) is 5.94. The Hall–Kier alpha value is -1.62. The zero-order valence-corrected chi connectivity index (χ0v) is 10.3. The van der Waals surface area contributed by atoms with Crippen molar-refractivity contribution < 1.29 is 8.78 Å². The monoisotopic (exact) mass is 254 g/mol. The fraction of sp³-hybridized carbons (Fsp3) is 0.167. The van der Waals surface area contributed by atoms with E-state index in [1.54, 1.807) is 24.6 Å². The maximum absolute atomic E-state index is 13.8. The standard InChI is InChI=1S/C12H12F2N2S/c1-6-3-4-7(10(14)9(6)13)8-5-17-12(16-2)11(8)15/h3-5,16H,15H2,1-2H3. The summed E-state index contributed by atoms with van der Waals surface area (Å²) in [4.78, 5) is 0. The number of anilines is 2. The van der Waals surface area contributed by atoms with Crippen molar-refractivity contribution >= 4 is 22.0 Å². The molecule has 0 aliphatic carbocycles. The number of nitrogen functional groups attached to an aromatic ring is 1. The second-order valence-corrected chi connectivity index (χ2v) is 4.58. The van der Waals surface area contributed by atoms with E-state index in [0.29, 0.717) is 11.3 Å². The van der Waals surface area contributed by atoms with Crippen LogP contribution >= 0.6 is 11.3 Å². The van der Waals surface area contributed by atoms with Gasteiger partial charge in [-0.2, -0.15) is 0 Å². The number of hydrogen-bond donors (Lipinski definition) is 2. The van der Waals surface area contributed by atoms with Crippen LogP contribution in [0.25, 0.3) is 11.1 Å². The predicted octanol–water partition coefficient (Wildman–Crippen LogP) is 3.63. The summed E-state index contributed by atoms with van der Waals surface area (Å²) in [6, 6.07) is 3.09. The number of halogens is 2. The van der Waals surface area contributed by atoms with Crippen LogP contribution in [0.4, 0.5) is 19.5 Å². The van der Waals surface area contributed by atoms with Gasteiger partial charge in [0.1, 0.15) is 5.00 Å². The summed E-state index contributed by atoms with van der Waals surface area (Å²) in [5.74, 6) is -1.67. The van der Waals surface area contributed by atoms with Crippen LogP contribution in [0.1, 0.15) is 5.56 Å². The zero-order chi connectivity index (χ0) is 12.6. The van der Waals surface area contributed by atoms with Crippen LogP contribution in [-0.2, 0) is 0 Å². The Balaban J connectivity index is 2.61. The van der Waals surface area contributed by atoms with E-state index in [1.165, 1.54) is 18.3 Å². The second kappa shape index (κ2) is 4.33. The van der Waals surface area contributed by atoms with Gasteiger partial charge >= 0.3 is 0 Å². The Labute approximate surface area is 102 Å². The van der Waals surface area contributed by atoms with E-state index < -0.39 is 11.6 Å². The number of nitrogens with one attached hydrogen (secondary N) is 1. The molecule has 2 rings (SSSR count). The molecule has 3 N–H and O–H groups in total. The molecule has 2 nitrogen and oxygen atoms in total. The van der Waals surface area contributed by atoms with E-state index in [-0.39, 0.29) is 11.1 Å². The Bertz CT molecular complexity index is 564. The number of thiophene rings is 1. The summed E-state index contributed by atoms with van der Waals surface area (Å²) < 4.78 is 27.3. The van der Waals surface area contributed by atoms with E-state index in [2.05, 4.69) is 5.32 Å². The molecule has 1 aromatic heterocycles. The summed E-state index contributed by atoms with van der Waals surface area (Å²) in [7, 11) is 1.73. The van der Waals surface area contributed by atoms with Gasteiger partial charge in [0, 0.05) is 23.6 Å². The lowest BCUT2D eigenvalue weighted by atomic mass is 10.0. The van der Waals surface area contributed by atoms with Crippen molar-refractivity contribution in [3.63, 3.8) is 0 Å². The van der Waals surface area contributed by atoms with Gasteiger partial charge < -0.3 is 11.1 Å². The van der Waals surface area contributed by atoms with Gasteiger partial charge in [-0.15, -0.1) is 11.3 Å². The SMILES string of the molecule is CNc1scc(-c2ccc(C)c(F)c2F)c1N. The van der Waals surface area contributed by atoms with Gasteiger partial charge in [0.25, 0.3) is 0 Å². The Morgan fingerprint density at radius 2 is 1.88 bits per heavy atom. The van der Waals surface area contributed by atoms with Crippen molar-refractivity contribution in [3.8, 4) is 11.1 Å². The number of benzene rings is 1. The average molecular weight is 254 g/mol. The number of nitrogens with two attached hydrogens (primary N) is 1. The third-order valence-electron chi connectivity index (χ3n) is 2.62. The van der Waals surface area contributed by atoms with Crippen molar-refractivity contribution in [3.05, 3.63) is 34.7 Å². The quantitative estimate of drug-likeness (QED) is 0.859. The van der Waals surface area contributed by atoms with Crippen LogP contribution in [0.3, 0.4) is 0 Å². The highest BCUT2D eigenvalue weighted by molar-refractivity contribution is 7.15. The molecule has 1 aromatic carbocycles. The van der Waals surface area contributed by atoms with Crippen molar-refractivity contribution in [2.45, 2.75) is 6.92 Å². The van der Waals surface area contributed by atoms with E-state index >= 15 is 0 Å². The lowest BCUT2D eigenvalue weighted by molar-refractivity contribution is 0.506. The Kier molecular flexibility index (Phi) is 3.02. The summed E-state index contributed by atoms with van der Waals surface area (Å²) in [6.07, 6.45) is 0. The molecule has 5 heteroatoms. The molecule has 0 aliphatic heterocycles. The van der Waals surface area contributed by atoms with Crippen LogP contribution in [0, 0.1) is 18.6 Å². The molecule has 0 fully saturated rings. The minimum Gasteiger partial charge on any atom is -0.396 e. The van der Waals surface area contributed by atoms with E-state index in [0.717, 1.165) is 5.00 Å². The summed E-state index contributed by atoms with van der Waals surface area (Å²) >= 11 is 1.36. The molecule has 2 aromatic rings. The van der Waals surface area contributed by atoms with Crippen molar-refractivity contribution in [1.82, 2.24) is 0 Å². The number of rotatable bonds is 2. The molecule has 0 saturated heterocycles. The molecule has 1 heterocycles. The molecule has 17 heavy (non-hydrogen) atoms. The van der Waals surface area contributed by atoms with Crippen LogP contribution in [-0.4, -0.2) is 7.05 Å². The normalized spacial score (nSPS) is 10.6. The highest BCUT2D eigenvalue weighted by Gasteiger charge is 2.17. The van der Waals surface area contributed by atoms with Gasteiger partial charge in [0.05, 0.1) is 5.69 Å². The van der Waals surface area contributed by atoms with Gasteiger partial charge in [0.2, 0.25) is 0 Å². The lowest BCUT2D eigenvalue weighted by Gasteiger charge is -2.06. The summed E-state index contributed by atoms with van der Waals surface area (Å²) in [6.45, 7) is 1.53. The zero-order valence-electron chi connectivity index (χ0n) is 9.47. The fourth-order valence-corrected chi connectivity index (χ4v) is 2.47. The van der Waals surface area contributed by atoms with Crippen LogP contribution in [0.5, 0.6) is 0 Å². The molecule has 0 unspecified atom stereocenters. The van der Waals surface area contributed by atoms with Crippen molar-refractivity contribution in [1.29, 1.82) is 0 Å². The van der Waals surface area contributed by atoms with Crippen LogP contribution in [0.2, 0.25) is 0 Å². The molecule has 0 spiro atoms. The minimum absolute atomic E-state index is 0.198. The molecule has 0 amide bonds. The maximum atomic E-state index is 13.8. The van der Waals surface area contributed by atoms with Gasteiger partial charge in [-0.1, -0.05) is 12.1 Å². The van der Waals surface area contributed by atoms with Crippen molar-refractivity contribution in [2.75, 3.05) is 18.1 Å². The van der Waals surface area contributed by atoms with Gasteiger partial charge in [-0.05, 0) is 12.5 Å². The predicted molar refractivity (Wildman–Crippen MR) is 68.4 cm³/mol. The lowest BCUT2D eigenvalue weighted by Crippen LogP contribution is -1.96. The molecule has 0 aliphatic rings. The molecular weight excluding hydrogens is 242 g/mol. The largest absolute Gasteiger partial charge is 0.396 e. The molecule has 0 saturated carbocycles. The minimum atomic E-state index is -0.850. The molecule has 0 atom stereocenters. The van der Waals surface area contributed by atoms with Gasteiger partial charge in [0.15, 0.2) is 11.6 Å². The van der Waals surface area contributed by atoms with E-state index in [9.17, 15) is 8.78 Å². The van der Waals surface area contributed by atoms with Gasteiger partial charge in [-0.3, -0.25) is 0 Å². The highest BCUT2D eigenvalue weighted by atomic mass is 32.1. The molecule has 0 bridgehead atoms. The number of aryl methyl sites for hydroxylation is 1. The fourth-order valence-electron chi connectivity index (χ4n) is 1.62. The second-order valence-electron chi connectivity index (χ2n) is 3.70. The van der Waals surface area contributed by atoms with E-state index in [1.807, 2.05) is 0 Å². The first kappa shape index (κ1) is 11.9. The Morgan fingerprint density at radius 3 is 2.47 bits per heavy atom. The van der Waals surface area contributed by atoms with Crippen LogP contribution < -0.4 is 11.1 Å². The third kappa shape index (κ3) is 1.86. The third-order valence-corrected chi connectivity index (χ3v) is 3.64. The summed E-state index contributed by atoms with van der Waals surface area (Å²) in [5.41, 5.74) is 7.31.